The lowest BCUT2D eigenvalue weighted by molar-refractivity contribution is -0.145. The van der Waals surface area contributed by atoms with Gasteiger partial charge in [-0.25, -0.2) is 4.79 Å². The third-order valence-electron chi connectivity index (χ3n) is 3.36. The molecule has 118 valence electrons. The SMILES string of the molecule is CCC[C@H](C)NC(=O)COC(=O)C1=Cc2ccccc2OC1. The Morgan fingerprint density at radius 2 is 2.14 bits per heavy atom. The second kappa shape index (κ2) is 7.64. The molecule has 1 amide bonds. The van der Waals surface area contributed by atoms with Gasteiger partial charge < -0.3 is 14.8 Å². The number of carbonyl (C=O) groups is 2. The fourth-order valence-corrected chi connectivity index (χ4v) is 2.28. The average Bonchev–Trinajstić information content (AvgIpc) is 2.52. The fraction of sp³-hybridized carbons (Fsp3) is 0.412. The van der Waals surface area contributed by atoms with Gasteiger partial charge in [-0.3, -0.25) is 4.79 Å². The summed E-state index contributed by atoms with van der Waals surface area (Å²) in [5.41, 5.74) is 1.25. The van der Waals surface area contributed by atoms with Gasteiger partial charge in [-0.05, 0) is 25.5 Å². The Morgan fingerprint density at radius 3 is 2.91 bits per heavy atom. The van der Waals surface area contributed by atoms with Crippen LogP contribution in [0.5, 0.6) is 5.75 Å². The van der Waals surface area contributed by atoms with Crippen LogP contribution in [0.2, 0.25) is 0 Å². The lowest BCUT2D eigenvalue weighted by Gasteiger charge is -2.17. The Balaban J connectivity index is 1.86. The molecule has 1 heterocycles. The summed E-state index contributed by atoms with van der Waals surface area (Å²) in [6.45, 7) is 3.86. The molecule has 0 aliphatic carbocycles. The molecular weight excluding hydrogens is 282 g/mol. The van der Waals surface area contributed by atoms with Crippen molar-refractivity contribution < 1.29 is 19.1 Å². The predicted molar refractivity (Wildman–Crippen MR) is 83.4 cm³/mol. The first-order valence-electron chi connectivity index (χ1n) is 7.49. The molecule has 1 atom stereocenters. The molecule has 0 fully saturated rings. The van der Waals surface area contributed by atoms with Gasteiger partial charge in [-0.2, -0.15) is 0 Å². The first-order chi connectivity index (χ1) is 10.6. The second-order valence-electron chi connectivity index (χ2n) is 5.33. The molecule has 0 spiro atoms. The van der Waals surface area contributed by atoms with Crippen molar-refractivity contribution in [3.63, 3.8) is 0 Å². The standard InChI is InChI=1S/C17H21NO4/c1-3-6-12(2)18-16(19)11-22-17(20)14-9-13-7-4-5-8-15(13)21-10-14/h4-5,7-9,12H,3,6,10-11H2,1-2H3,(H,18,19)/t12-/m0/s1. The van der Waals surface area contributed by atoms with Crippen molar-refractivity contribution in [1.82, 2.24) is 5.32 Å². The summed E-state index contributed by atoms with van der Waals surface area (Å²) in [5, 5.41) is 2.79. The van der Waals surface area contributed by atoms with Crippen molar-refractivity contribution in [2.75, 3.05) is 13.2 Å². The lowest BCUT2D eigenvalue weighted by Crippen LogP contribution is -2.36. The number of hydrogen-bond acceptors (Lipinski definition) is 4. The van der Waals surface area contributed by atoms with Crippen LogP contribution >= 0.6 is 0 Å². The minimum Gasteiger partial charge on any atom is -0.488 e. The predicted octanol–water partition coefficient (Wildman–Crippen LogP) is 2.31. The minimum absolute atomic E-state index is 0.0836. The molecule has 0 bridgehead atoms. The molecule has 1 aliphatic rings. The Morgan fingerprint density at radius 1 is 1.36 bits per heavy atom. The van der Waals surface area contributed by atoms with Crippen LogP contribution in [0.4, 0.5) is 0 Å². The maximum atomic E-state index is 12.0. The Bertz CT molecular complexity index is 580. The van der Waals surface area contributed by atoms with Gasteiger partial charge in [0.05, 0.1) is 5.57 Å². The lowest BCUT2D eigenvalue weighted by atomic mass is 10.1. The van der Waals surface area contributed by atoms with Gasteiger partial charge in [-0.1, -0.05) is 31.5 Å². The molecule has 1 aliphatic heterocycles. The number of amides is 1. The van der Waals surface area contributed by atoms with Gasteiger partial charge in [-0.15, -0.1) is 0 Å². The van der Waals surface area contributed by atoms with Crippen LogP contribution in [0.1, 0.15) is 32.3 Å². The molecule has 0 saturated carbocycles. The van der Waals surface area contributed by atoms with Gasteiger partial charge >= 0.3 is 5.97 Å². The largest absolute Gasteiger partial charge is 0.488 e. The van der Waals surface area contributed by atoms with Crippen LogP contribution in [-0.4, -0.2) is 31.1 Å². The molecule has 1 aromatic carbocycles. The maximum Gasteiger partial charge on any atom is 0.338 e. The average molecular weight is 303 g/mol. The summed E-state index contributed by atoms with van der Waals surface area (Å²) >= 11 is 0. The number of esters is 1. The summed E-state index contributed by atoms with van der Waals surface area (Å²) in [7, 11) is 0. The van der Waals surface area contributed by atoms with E-state index in [1.807, 2.05) is 31.2 Å². The summed E-state index contributed by atoms with van der Waals surface area (Å²) in [4.78, 5) is 23.6. The Hall–Kier alpha value is -2.30. The number of hydrogen-bond donors (Lipinski definition) is 1. The van der Waals surface area contributed by atoms with E-state index in [-0.39, 0.29) is 25.2 Å². The number of ether oxygens (including phenoxy) is 2. The zero-order valence-corrected chi connectivity index (χ0v) is 12.9. The molecule has 1 aromatic rings. The number of rotatable bonds is 6. The summed E-state index contributed by atoms with van der Waals surface area (Å²) in [6.07, 6.45) is 3.62. The van der Waals surface area contributed by atoms with E-state index in [0.717, 1.165) is 24.2 Å². The van der Waals surface area contributed by atoms with Gasteiger partial charge in [0.25, 0.3) is 5.91 Å². The monoisotopic (exact) mass is 303 g/mol. The number of nitrogens with one attached hydrogen (secondary N) is 1. The number of fused-ring (bicyclic) bond motifs is 1. The first kappa shape index (κ1) is 16.1. The summed E-state index contributed by atoms with van der Waals surface area (Å²) in [6, 6.07) is 7.53. The van der Waals surface area contributed by atoms with Crippen LogP contribution < -0.4 is 10.1 Å². The highest BCUT2D eigenvalue weighted by Crippen LogP contribution is 2.25. The summed E-state index contributed by atoms with van der Waals surface area (Å²) in [5.74, 6) is -0.0648. The quantitative estimate of drug-likeness (QED) is 0.819. The Labute approximate surface area is 130 Å². The minimum atomic E-state index is -0.521. The number of benzene rings is 1. The van der Waals surface area contributed by atoms with Crippen molar-refractivity contribution in [3.8, 4) is 5.75 Å². The molecule has 0 aromatic heterocycles. The smallest absolute Gasteiger partial charge is 0.338 e. The van der Waals surface area contributed by atoms with E-state index >= 15 is 0 Å². The van der Waals surface area contributed by atoms with E-state index in [1.165, 1.54) is 0 Å². The van der Waals surface area contributed by atoms with Crippen LogP contribution in [0, 0.1) is 0 Å². The topological polar surface area (TPSA) is 64.6 Å². The van der Waals surface area contributed by atoms with E-state index in [0.29, 0.717) is 5.57 Å². The van der Waals surface area contributed by atoms with Gasteiger partial charge in [0.1, 0.15) is 12.4 Å². The zero-order valence-electron chi connectivity index (χ0n) is 12.9. The van der Waals surface area contributed by atoms with Crippen molar-refractivity contribution in [2.45, 2.75) is 32.7 Å². The van der Waals surface area contributed by atoms with Crippen molar-refractivity contribution in [1.29, 1.82) is 0 Å². The molecule has 2 rings (SSSR count). The first-order valence-corrected chi connectivity index (χ1v) is 7.49. The third-order valence-corrected chi connectivity index (χ3v) is 3.36. The Kier molecular flexibility index (Phi) is 5.58. The highest BCUT2D eigenvalue weighted by atomic mass is 16.5. The molecule has 5 heteroatoms. The van der Waals surface area contributed by atoms with E-state index in [2.05, 4.69) is 12.2 Å². The van der Waals surface area contributed by atoms with E-state index in [1.54, 1.807) is 6.08 Å². The molecule has 0 unspecified atom stereocenters. The van der Waals surface area contributed by atoms with Crippen molar-refractivity contribution in [2.24, 2.45) is 0 Å². The number of carbonyl (C=O) groups excluding carboxylic acids is 2. The molecule has 0 radical (unpaired) electrons. The molecule has 22 heavy (non-hydrogen) atoms. The summed E-state index contributed by atoms with van der Waals surface area (Å²) < 4.78 is 10.5. The van der Waals surface area contributed by atoms with Gasteiger partial charge in [0.15, 0.2) is 6.61 Å². The zero-order chi connectivity index (χ0) is 15.9. The van der Waals surface area contributed by atoms with Crippen molar-refractivity contribution in [3.05, 3.63) is 35.4 Å². The van der Waals surface area contributed by atoms with E-state index < -0.39 is 5.97 Å². The van der Waals surface area contributed by atoms with Crippen LogP contribution in [0.25, 0.3) is 6.08 Å². The highest BCUT2D eigenvalue weighted by molar-refractivity contribution is 5.96. The van der Waals surface area contributed by atoms with Gasteiger partial charge in [0, 0.05) is 11.6 Å². The number of para-hydroxylation sites is 1. The van der Waals surface area contributed by atoms with Crippen LogP contribution in [0.3, 0.4) is 0 Å². The van der Waals surface area contributed by atoms with Crippen LogP contribution in [0.15, 0.2) is 29.8 Å². The van der Waals surface area contributed by atoms with E-state index in [9.17, 15) is 9.59 Å². The molecule has 0 saturated heterocycles. The normalized spacial score (nSPS) is 14.2. The second-order valence-corrected chi connectivity index (χ2v) is 5.33. The fourth-order valence-electron chi connectivity index (χ4n) is 2.28. The maximum absolute atomic E-state index is 12.0. The molecule has 1 N–H and O–H groups in total. The highest BCUT2D eigenvalue weighted by Gasteiger charge is 2.19. The van der Waals surface area contributed by atoms with E-state index in [4.69, 9.17) is 9.47 Å². The van der Waals surface area contributed by atoms with Crippen molar-refractivity contribution >= 4 is 18.0 Å². The van der Waals surface area contributed by atoms with Gasteiger partial charge in [0.2, 0.25) is 0 Å². The molecule has 5 nitrogen and oxygen atoms in total. The molecular formula is C17H21NO4. The van der Waals surface area contributed by atoms with Crippen LogP contribution in [-0.2, 0) is 14.3 Å². The third kappa shape index (κ3) is 4.35.